The highest BCUT2D eigenvalue weighted by molar-refractivity contribution is 5.86. The third-order valence-corrected chi connectivity index (χ3v) is 11.2. The molecule has 2 unspecified atom stereocenters. The largest absolute Gasteiger partial charge is 0.452 e. The Morgan fingerprint density at radius 3 is 2.22 bits per heavy atom. The summed E-state index contributed by atoms with van der Waals surface area (Å²) >= 11 is 0. The van der Waals surface area contributed by atoms with Crippen molar-refractivity contribution in [1.29, 1.82) is 0 Å². The smallest absolute Gasteiger partial charge is 0.425 e. The van der Waals surface area contributed by atoms with E-state index in [0.29, 0.717) is 19.4 Å². The van der Waals surface area contributed by atoms with Crippen molar-refractivity contribution >= 4 is 42.5 Å². The molecule has 4 atom stereocenters. The van der Waals surface area contributed by atoms with Crippen LogP contribution >= 0.6 is 0 Å². The lowest BCUT2D eigenvalue weighted by atomic mass is 9.78. The maximum atomic E-state index is 13.7. The van der Waals surface area contributed by atoms with Gasteiger partial charge in [-0.25, -0.2) is 25.2 Å². The van der Waals surface area contributed by atoms with E-state index < -0.39 is 12.1 Å². The van der Waals surface area contributed by atoms with Gasteiger partial charge in [-0.15, -0.1) is 0 Å². The highest BCUT2D eigenvalue weighted by Gasteiger charge is 2.38. The lowest BCUT2D eigenvalue weighted by Crippen LogP contribution is -2.53. The molecule has 2 fully saturated rings. The minimum absolute atomic E-state index is 0.0259. The van der Waals surface area contributed by atoms with Crippen molar-refractivity contribution in [3.8, 4) is 22.4 Å². The normalized spacial score (nSPS) is 18.4. The van der Waals surface area contributed by atoms with Gasteiger partial charge in [0.2, 0.25) is 18.2 Å². The molecule has 4 aromatic rings. The summed E-state index contributed by atoms with van der Waals surface area (Å²) in [6, 6.07) is 13.4. The standard InChI is InChI=1S/C44H54N8O5.C2H6O/c1-26(2)39(47-25-53)43(55)51-20-10-13-38(51)41-46-24-37(49-41)31-16-14-30(15-17-31)33-19-18-32(28(5)21-33)22-29(6)36-23-45-40(48-36)34-11-8-9-12-35(34)42(54)52(27(3)4)50-44(56)57-7;1-3-2/h14-19,21-27,34-35,38-39H,5-6,8-13,20H2,1-4,7H3,(H,45,48)(H,46,49)(H,47,53)(H,50,56);1-2H3/b32-22-;/t34-,35+,38?,39?;/m0./s1. The molecule has 0 spiro atoms. The van der Waals surface area contributed by atoms with Crippen molar-refractivity contribution in [2.45, 2.75) is 90.3 Å². The van der Waals surface area contributed by atoms with E-state index in [0.717, 1.165) is 87.8 Å². The number of aromatic nitrogens is 4. The number of ether oxygens (including phenoxy) is 2. The summed E-state index contributed by atoms with van der Waals surface area (Å²) in [6.07, 6.45) is 10.6. The number of allylic oxidation sites excluding steroid dienone is 1. The van der Waals surface area contributed by atoms with Crippen molar-refractivity contribution in [2.75, 3.05) is 27.9 Å². The first-order valence-electron chi connectivity index (χ1n) is 20.6. The van der Waals surface area contributed by atoms with Crippen LogP contribution in [0.25, 0.3) is 40.6 Å². The highest BCUT2D eigenvalue weighted by Crippen LogP contribution is 2.38. The lowest BCUT2D eigenvalue weighted by molar-refractivity contribution is -0.142. The lowest BCUT2D eigenvalue weighted by Gasteiger charge is -2.35. The van der Waals surface area contributed by atoms with Gasteiger partial charge in [0.05, 0.1) is 36.9 Å². The zero-order chi connectivity index (χ0) is 43.5. The van der Waals surface area contributed by atoms with Crippen LogP contribution in [-0.4, -0.2) is 94.1 Å². The van der Waals surface area contributed by atoms with Crippen LogP contribution < -0.4 is 21.2 Å². The van der Waals surface area contributed by atoms with Crippen molar-refractivity contribution in [1.82, 2.24) is 40.6 Å². The number of carbonyl (C=O) groups excluding carboxylic acids is 4. The molecule has 14 heteroatoms. The van der Waals surface area contributed by atoms with Crippen LogP contribution in [0.2, 0.25) is 0 Å². The number of likely N-dealkylation sites (tertiary alicyclic amines) is 1. The number of nitrogens with zero attached hydrogens (tertiary/aromatic N) is 4. The molecule has 1 aliphatic heterocycles. The maximum absolute atomic E-state index is 13.7. The van der Waals surface area contributed by atoms with Gasteiger partial charge in [-0.2, -0.15) is 0 Å². The monoisotopic (exact) mass is 820 g/mol. The third kappa shape index (κ3) is 10.6. The molecule has 2 aromatic heterocycles. The number of benzene rings is 2. The SMILES string of the molecule is C=C(/C=c1/ccc(-c2ccc(-c3cnc(C4CCCN4C(=O)C(NC=O)C(C)C)[nH]3)cc2)cc1=C)c1cnc([C@H]2CCCC[C@H]2C(=O)N(NC(=O)OC)C(C)C)[nH]1.COC. The van der Waals surface area contributed by atoms with E-state index in [4.69, 9.17) is 9.72 Å². The third-order valence-electron chi connectivity index (χ3n) is 11.2. The van der Waals surface area contributed by atoms with Gasteiger partial charge in [-0.3, -0.25) is 14.4 Å². The highest BCUT2D eigenvalue weighted by atomic mass is 16.5. The van der Waals surface area contributed by atoms with Crippen molar-refractivity contribution in [3.63, 3.8) is 0 Å². The Labute approximate surface area is 352 Å². The number of methoxy groups -OCH3 is 2. The van der Waals surface area contributed by atoms with Crippen molar-refractivity contribution < 1.29 is 28.7 Å². The van der Waals surface area contributed by atoms with Crippen LogP contribution in [0, 0.1) is 11.8 Å². The fourth-order valence-electron chi connectivity index (χ4n) is 8.01. The fourth-order valence-corrected chi connectivity index (χ4v) is 8.01. The predicted octanol–water partition coefficient (Wildman–Crippen LogP) is 5.85. The minimum Gasteiger partial charge on any atom is -0.452 e. The van der Waals surface area contributed by atoms with Crippen LogP contribution in [0.4, 0.5) is 4.79 Å². The first-order valence-corrected chi connectivity index (χ1v) is 20.6. The number of carbonyl (C=O) groups is 4. The van der Waals surface area contributed by atoms with E-state index >= 15 is 0 Å². The van der Waals surface area contributed by atoms with Gasteiger partial charge in [0.1, 0.15) is 17.7 Å². The van der Waals surface area contributed by atoms with Gasteiger partial charge in [0.15, 0.2) is 0 Å². The summed E-state index contributed by atoms with van der Waals surface area (Å²) in [6.45, 7) is 16.8. The average Bonchev–Trinajstić information content (AvgIpc) is 4.04. The molecule has 2 aromatic carbocycles. The second-order valence-corrected chi connectivity index (χ2v) is 16.0. The summed E-state index contributed by atoms with van der Waals surface area (Å²) in [5.74, 6) is 0.755. The van der Waals surface area contributed by atoms with E-state index in [-0.39, 0.29) is 41.7 Å². The fraction of sp³-hybridized carbons (Fsp3) is 0.435. The van der Waals surface area contributed by atoms with E-state index in [2.05, 4.69) is 67.9 Å². The second kappa shape index (κ2) is 20.8. The molecule has 14 nitrogen and oxygen atoms in total. The summed E-state index contributed by atoms with van der Waals surface area (Å²) < 4.78 is 9.00. The first-order chi connectivity index (χ1) is 28.8. The molecule has 4 N–H and O–H groups in total. The minimum atomic E-state index is -0.678. The van der Waals surface area contributed by atoms with E-state index in [9.17, 15) is 19.2 Å². The number of imidazole rings is 2. The molecule has 60 heavy (non-hydrogen) atoms. The molecule has 320 valence electrons. The Hall–Kier alpha value is -6.02. The summed E-state index contributed by atoms with van der Waals surface area (Å²) in [7, 11) is 4.53. The van der Waals surface area contributed by atoms with Crippen LogP contribution in [0.15, 0.2) is 61.4 Å². The molecule has 4 amide bonds. The number of H-pyrrole nitrogens is 2. The Bertz CT molecular complexity index is 2230. The Kier molecular flexibility index (Phi) is 15.6. The number of hydrazine groups is 1. The number of hydrogen-bond donors (Lipinski definition) is 4. The molecular formula is C46H60N8O6. The van der Waals surface area contributed by atoms with Crippen molar-refractivity contribution in [3.05, 3.63) is 89.2 Å². The molecule has 2 aliphatic rings. The van der Waals surface area contributed by atoms with Gasteiger partial charge < -0.3 is 29.7 Å². The molecular weight excluding hydrogens is 761 g/mol. The first kappa shape index (κ1) is 45.1. The van der Waals surface area contributed by atoms with Crippen LogP contribution in [0.1, 0.15) is 95.5 Å². The zero-order valence-corrected chi connectivity index (χ0v) is 35.9. The van der Waals surface area contributed by atoms with Gasteiger partial charge in [0, 0.05) is 38.6 Å². The molecule has 3 heterocycles. The van der Waals surface area contributed by atoms with Gasteiger partial charge in [-0.1, -0.05) is 76.2 Å². The number of nitrogens with one attached hydrogen (secondary N) is 4. The molecule has 0 radical (unpaired) electrons. The number of hydrogen-bond acceptors (Lipinski definition) is 8. The molecule has 6 rings (SSSR count). The summed E-state index contributed by atoms with van der Waals surface area (Å²) in [5.41, 5.74) is 7.99. The van der Waals surface area contributed by atoms with E-state index in [1.165, 1.54) is 12.1 Å². The van der Waals surface area contributed by atoms with Crippen LogP contribution in [0.5, 0.6) is 0 Å². The van der Waals surface area contributed by atoms with Crippen LogP contribution in [-0.2, 0) is 23.9 Å². The Morgan fingerprint density at radius 1 is 0.900 bits per heavy atom. The second-order valence-electron chi connectivity index (χ2n) is 16.0. The van der Waals surface area contributed by atoms with Crippen LogP contribution in [0.3, 0.4) is 0 Å². The quantitative estimate of drug-likeness (QED) is 0.102. The molecule has 1 saturated heterocycles. The number of amides is 4. The number of aromatic amines is 2. The predicted molar refractivity (Wildman–Crippen MR) is 233 cm³/mol. The zero-order valence-electron chi connectivity index (χ0n) is 35.9. The summed E-state index contributed by atoms with van der Waals surface area (Å²) in [5, 5.41) is 5.83. The van der Waals surface area contributed by atoms with Gasteiger partial charge >= 0.3 is 6.09 Å². The van der Waals surface area contributed by atoms with E-state index in [1.807, 2.05) is 63.1 Å². The van der Waals surface area contributed by atoms with Gasteiger partial charge in [0.25, 0.3) is 0 Å². The van der Waals surface area contributed by atoms with E-state index in [1.54, 1.807) is 20.4 Å². The van der Waals surface area contributed by atoms with Gasteiger partial charge in [-0.05, 0) is 90.3 Å². The Morgan fingerprint density at radius 2 is 1.57 bits per heavy atom. The maximum Gasteiger partial charge on any atom is 0.425 e. The molecule has 1 aliphatic carbocycles. The Balaban J connectivity index is 0.00000221. The summed E-state index contributed by atoms with van der Waals surface area (Å²) in [4.78, 5) is 68.3. The topological polar surface area (TPSA) is 175 Å². The molecule has 1 saturated carbocycles. The number of rotatable bonds is 12. The average molecular weight is 821 g/mol. The van der Waals surface area contributed by atoms with Crippen molar-refractivity contribution in [2.24, 2.45) is 11.8 Å². The molecule has 0 bridgehead atoms.